The quantitative estimate of drug-likeness (QED) is 0.637. The Morgan fingerprint density at radius 2 is 1.69 bits per heavy atom. The van der Waals surface area contributed by atoms with Gasteiger partial charge in [0.1, 0.15) is 12.2 Å². The second-order valence-corrected chi connectivity index (χ2v) is 10.3. The zero-order chi connectivity index (χ0) is 23.4. The molecule has 0 amide bonds. The lowest BCUT2D eigenvalue weighted by Gasteiger charge is -2.53. The summed E-state index contributed by atoms with van der Waals surface area (Å²) in [6.45, 7) is 11.5. The van der Waals surface area contributed by atoms with Crippen molar-refractivity contribution in [1.82, 2.24) is 10.4 Å². The molecular formula is C25H38N2O5. The Hall–Kier alpha value is -1.96. The topological polar surface area (TPSA) is 77.1 Å². The van der Waals surface area contributed by atoms with Gasteiger partial charge in [-0.15, -0.1) is 0 Å². The van der Waals surface area contributed by atoms with Gasteiger partial charge in [0.05, 0.1) is 18.6 Å². The smallest absolute Gasteiger partial charge is 0.338 e. The lowest BCUT2D eigenvalue weighted by Crippen LogP contribution is -2.62. The molecule has 7 nitrogen and oxygen atoms in total. The minimum Gasteiger partial charge on any atom is -0.462 e. The van der Waals surface area contributed by atoms with Gasteiger partial charge < -0.3 is 14.8 Å². The number of ether oxygens (including phenoxy) is 2. The molecule has 1 N–H and O–H groups in total. The molecule has 0 aliphatic carbocycles. The van der Waals surface area contributed by atoms with E-state index in [2.05, 4.69) is 39.9 Å². The van der Waals surface area contributed by atoms with Gasteiger partial charge in [-0.25, -0.2) is 4.79 Å². The number of piperidine rings is 2. The van der Waals surface area contributed by atoms with Crippen molar-refractivity contribution < 1.29 is 23.9 Å². The number of hydroxylamine groups is 2. The third-order valence-corrected chi connectivity index (χ3v) is 6.24. The summed E-state index contributed by atoms with van der Waals surface area (Å²) in [4.78, 5) is 30.9. The van der Waals surface area contributed by atoms with Crippen molar-refractivity contribution in [3.63, 3.8) is 0 Å². The third-order valence-electron chi connectivity index (χ3n) is 6.24. The molecule has 7 heteroatoms. The van der Waals surface area contributed by atoms with E-state index in [0.717, 1.165) is 19.4 Å². The molecule has 0 radical (unpaired) electrons. The molecular weight excluding hydrogens is 408 g/mol. The molecule has 32 heavy (non-hydrogen) atoms. The normalized spacial score (nSPS) is 25.8. The van der Waals surface area contributed by atoms with Gasteiger partial charge >= 0.3 is 11.9 Å². The molecule has 1 aromatic carbocycles. The molecule has 178 valence electrons. The minimum absolute atomic E-state index is 0.0123. The fourth-order valence-electron chi connectivity index (χ4n) is 5.06. The molecule has 2 saturated heterocycles. The number of benzene rings is 1. The van der Waals surface area contributed by atoms with E-state index in [0.29, 0.717) is 24.4 Å². The monoisotopic (exact) mass is 446 g/mol. The van der Waals surface area contributed by atoms with Crippen molar-refractivity contribution in [3.05, 3.63) is 35.9 Å². The Balaban J connectivity index is 1.50. The molecule has 0 aromatic heterocycles. The van der Waals surface area contributed by atoms with Gasteiger partial charge in [0.25, 0.3) is 0 Å². The Kier molecular flexibility index (Phi) is 7.96. The van der Waals surface area contributed by atoms with Crippen molar-refractivity contribution in [2.24, 2.45) is 0 Å². The molecule has 1 aromatic rings. The van der Waals surface area contributed by atoms with E-state index in [-0.39, 0.29) is 48.3 Å². The molecule has 0 spiro atoms. The lowest BCUT2D eigenvalue weighted by atomic mass is 9.80. The molecule has 2 aliphatic heterocycles. The van der Waals surface area contributed by atoms with Gasteiger partial charge in [-0.05, 0) is 66.1 Å². The van der Waals surface area contributed by atoms with Crippen LogP contribution in [0.4, 0.5) is 0 Å². The van der Waals surface area contributed by atoms with Gasteiger partial charge in [0.2, 0.25) is 0 Å². The van der Waals surface area contributed by atoms with Gasteiger partial charge in [0, 0.05) is 30.0 Å². The zero-order valence-corrected chi connectivity index (χ0v) is 20.1. The van der Waals surface area contributed by atoms with Crippen LogP contribution in [0.25, 0.3) is 0 Å². The van der Waals surface area contributed by atoms with Crippen LogP contribution in [0.5, 0.6) is 0 Å². The van der Waals surface area contributed by atoms with Crippen molar-refractivity contribution in [3.8, 4) is 0 Å². The van der Waals surface area contributed by atoms with Crippen LogP contribution in [0, 0.1) is 0 Å². The second-order valence-electron chi connectivity index (χ2n) is 10.3. The summed E-state index contributed by atoms with van der Waals surface area (Å²) < 4.78 is 11.5. The highest BCUT2D eigenvalue weighted by Crippen LogP contribution is 2.40. The van der Waals surface area contributed by atoms with Crippen LogP contribution in [0.15, 0.2) is 30.3 Å². The summed E-state index contributed by atoms with van der Waals surface area (Å²) in [5.74, 6) is -0.516. The number of carbonyl (C=O) groups is 2. The van der Waals surface area contributed by atoms with Gasteiger partial charge in [0.15, 0.2) is 0 Å². The van der Waals surface area contributed by atoms with Crippen LogP contribution in [-0.2, 0) is 19.1 Å². The van der Waals surface area contributed by atoms with Crippen LogP contribution in [0.1, 0.15) is 77.1 Å². The average molecular weight is 447 g/mol. The highest BCUT2D eigenvalue weighted by atomic mass is 16.7. The van der Waals surface area contributed by atoms with Crippen LogP contribution in [-0.4, -0.2) is 59.5 Å². The van der Waals surface area contributed by atoms with Gasteiger partial charge in [-0.2, -0.15) is 5.06 Å². The molecule has 0 bridgehead atoms. The standard InChI is InChI=1S/C25H38N2O5/c1-18-15-20(11-13-26-18)31-22(28)12-14-30-27-24(2,3)16-21(17-25(27,4)5)32-23(29)19-9-7-6-8-10-19/h6-10,18,20-21,26H,11-17H2,1-5H3. The maximum absolute atomic E-state index is 12.5. The number of rotatable bonds is 7. The molecule has 2 unspecified atom stereocenters. The number of carbonyl (C=O) groups excluding carboxylic acids is 2. The summed E-state index contributed by atoms with van der Waals surface area (Å²) in [5, 5.41) is 5.32. The van der Waals surface area contributed by atoms with Gasteiger partial charge in [-0.1, -0.05) is 18.2 Å². The van der Waals surface area contributed by atoms with E-state index >= 15 is 0 Å². The van der Waals surface area contributed by atoms with E-state index in [1.165, 1.54) is 0 Å². The third kappa shape index (κ3) is 6.53. The molecule has 2 fully saturated rings. The van der Waals surface area contributed by atoms with Crippen molar-refractivity contribution in [2.75, 3.05) is 13.2 Å². The fraction of sp³-hybridized carbons (Fsp3) is 0.680. The first-order valence-corrected chi connectivity index (χ1v) is 11.7. The molecule has 2 atom stereocenters. The molecule has 0 saturated carbocycles. The predicted molar refractivity (Wildman–Crippen MR) is 122 cm³/mol. The first-order chi connectivity index (χ1) is 15.1. The summed E-state index contributed by atoms with van der Waals surface area (Å²) in [6.07, 6.45) is 2.99. The number of nitrogens with one attached hydrogen (secondary N) is 1. The minimum atomic E-state index is -0.363. The first-order valence-electron chi connectivity index (χ1n) is 11.7. The maximum Gasteiger partial charge on any atom is 0.338 e. The Morgan fingerprint density at radius 3 is 2.31 bits per heavy atom. The number of esters is 2. The van der Waals surface area contributed by atoms with Crippen LogP contribution >= 0.6 is 0 Å². The van der Waals surface area contributed by atoms with E-state index < -0.39 is 0 Å². The second kappa shape index (κ2) is 10.3. The van der Waals surface area contributed by atoms with Crippen LogP contribution in [0.2, 0.25) is 0 Å². The number of hydrogen-bond acceptors (Lipinski definition) is 7. The van der Waals surface area contributed by atoms with Crippen LogP contribution in [0.3, 0.4) is 0 Å². The highest BCUT2D eigenvalue weighted by Gasteiger charge is 2.48. The van der Waals surface area contributed by atoms with Crippen LogP contribution < -0.4 is 5.32 Å². The van der Waals surface area contributed by atoms with Crippen molar-refractivity contribution in [2.45, 2.75) is 96.1 Å². The van der Waals surface area contributed by atoms with E-state index in [9.17, 15) is 9.59 Å². The summed E-state index contributed by atoms with van der Waals surface area (Å²) >= 11 is 0. The molecule has 3 rings (SSSR count). The lowest BCUT2D eigenvalue weighted by molar-refractivity contribution is -0.292. The van der Waals surface area contributed by atoms with E-state index in [1.807, 2.05) is 23.3 Å². The summed E-state index contributed by atoms with van der Waals surface area (Å²) in [6, 6.07) is 9.44. The Labute approximate surface area is 191 Å². The first kappa shape index (κ1) is 24.7. The van der Waals surface area contributed by atoms with Crippen molar-refractivity contribution in [1.29, 1.82) is 0 Å². The molecule has 2 heterocycles. The van der Waals surface area contributed by atoms with Crippen molar-refractivity contribution >= 4 is 11.9 Å². The fourth-order valence-corrected chi connectivity index (χ4v) is 5.06. The molecule has 2 aliphatic rings. The zero-order valence-electron chi connectivity index (χ0n) is 20.1. The van der Waals surface area contributed by atoms with Gasteiger partial charge in [-0.3, -0.25) is 9.63 Å². The largest absolute Gasteiger partial charge is 0.462 e. The highest BCUT2D eigenvalue weighted by molar-refractivity contribution is 5.89. The summed E-state index contributed by atoms with van der Waals surface area (Å²) in [7, 11) is 0. The Morgan fingerprint density at radius 1 is 1.03 bits per heavy atom. The predicted octanol–water partition coefficient (Wildman–Crippen LogP) is 3.87. The Bertz CT molecular complexity index is 762. The summed E-state index contributed by atoms with van der Waals surface area (Å²) in [5.41, 5.74) is -0.168. The maximum atomic E-state index is 12.5. The number of nitrogens with zero attached hydrogens (tertiary/aromatic N) is 1. The van der Waals surface area contributed by atoms with E-state index in [4.69, 9.17) is 14.3 Å². The SMILES string of the molecule is CC1CC(OC(=O)CCON2C(C)(C)CC(OC(=O)c3ccccc3)CC2(C)C)CCN1. The number of hydrogen-bond donors (Lipinski definition) is 1. The average Bonchev–Trinajstić information content (AvgIpc) is 2.70. The van der Waals surface area contributed by atoms with E-state index in [1.54, 1.807) is 12.1 Å².